The van der Waals surface area contributed by atoms with Gasteiger partial charge in [-0.05, 0) is 12.1 Å². The van der Waals surface area contributed by atoms with E-state index in [9.17, 15) is 0 Å². The van der Waals surface area contributed by atoms with Crippen LogP contribution in [-0.2, 0) is 21.0 Å². The van der Waals surface area contributed by atoms with Gasteiger partial charge in [-0.3, -0.25) is 4.98 Å². The Morgan fingerprint density at radius 1 is 1.00 bits per heavy atom. The van der Waals surface area contributed by atoms with Gasteiger partial charge >= 0.3 is 21.0 Å². The van der Waals surface area contributed by atoms with Crippen LogP contribution in [0.5, 0.6) is 0 Å². The van der Waals surface area contributed by atoms with E-state index in [4.69, 9.17) is 3.67 Å². The molecule has 0 radical (unpaired) electrons. The van der Waals surface area contributed by atoms with Crippen LogP contribution in [0.25, 0.3) is 0 Å². The number of pyridine rings is 1. The average Bonchev–Trinajstić information content (AvgIpc) is 1.96. The molecule has 0 atom stereocenters. The predicted octanol–water partition coefficient (Wildman–Crippen LogP) is 0.960. The Morgan fingerprint density at radius 3 is 1.62 bits per heavy atom. The van der Waals surface area contributed by atoms with Gasteiger partial charge in [0, 0.05) is 12.4 Å². The Morgan fingerprint density at radius 2 is 1.50 bits per heavy atom. The summed E-state index contributed by atoms with van der Waals surface area (Å²) in [6.07, 6.45) is 3.50. The molecule has 0 aromatic carbocycles. The number of nitrogens with zero attached hydrogens (tertiary/aromatic N) is 1. The fraction of sp³-hybridized carbons (Fsp3) is 0. The van der Waals surface area contributed by atoms with E-state index < -0.39 is 0 Å². The van der Waals surface area contributed by atoms with Crippen LogP contribution in [0.2, 0.25) is 0 Å². The molecular formula is C5H5NOV. The molecule has 0 saturated carbocycles. The summed E-state index contributed by atoms with van der Waals surface area (Å²) in [7, 11) is 0. The van der Waals surface area contributed by atoms with Crippen LogP contribution in [0.15, 0.2) is 30.6 Å². The summed E-state index contributed by atoms with van der Waals surface area (Å²) < 4.78 is 8.19. The minimum absolute atomic E-state index is 1.06. The van der Waals surface area contributed by atoms with Gasteiger partial charge in [-0.15, -0.1) is 0 Å². The molecule has 0 aliphatic carbocycles. The van der Waals surface area contributed by atoms with E-state index >= 15 is 0 Å². The summed E-state index contributed by atoms with van der Waals surface area (Å²) in [6, 6.07) is 5.72. The second-order valence-electron chi connectivity index (χ2n) is 1.02. The van der Waals surface area contributed by atoms with E-state index in [1.165, 1.54) is 0 Å². The molecule has 0 aliphatic heterocycles. The van der Waals surface area contributed by atoms with E-state index in [-0.39, 0.29) is 0 Å². The first kappa shape index (κ1) is 7.53. The van der Waals surface area contributed by atoms with E-state index in [1.807, 2.05) is 18.2 Å². The first-order chi connectivity index (χ1) is 4.00. The van der Waals surface area contributed by atoms with Crippen LogP contribution in [-0.4, -0.2) is 4.98 Å². The molecule has 0 amide bonds. The Labute approximate surface area is 57.2 Å². The zero-order valence-electron chi connectivity index (χ0n) is 4.19. The van der Waals surface area contributed by atoms with Gasteiger partial charge in [-0.2, -0.15) is 0 Å². The molecule has 0 bridgehead atoms. The maximum atomic E-state index is 8.19. The first-order valence-corrected chi connectivity index (χ1v) is 2.60. The molecule has 0 N–H and O–H groups in total. The van der Waals surface area contributed by atoms with Crippen molar-refractivity contribution in [1.82, 2.24) is 4.98 Å². The van der Waals surface area contributed by atoms with Crippen molar-refractivity contribution in [2.75, 3.05) is 0 Å². The molecule has 1 heterocycles. The van der Waals surface area contributed by atoms with Crippen LogP contribution >= 0.6 is 0 Å². The zero-order valence-corrected chi connectivity index (χ0v) is 5.59. The molecule has 41 valence electrons. The monoisotopic (exact) mass is 146 g/mol. The van der Waals surface area contributed by atoms with Crippen LogP contribution in [0.3, 0.4) is 0 Å². The maximum Gasteiger partial charge on any atom is 0.0267 e. The van der Waals surface area contributed by atoms with Crippen LogP contribution < -0.4 is 0 Å². The van der Waals surface area contributed by atoms with Crippen molar-refractivity contribution >= 4 is 0 Å². The summed E-state index contributed by atoms with van der Waals surface area (Å²) in [6.45, 7) is 0. The van der Waals surface area contributed by atoms with Gasteiger partial charge in [-0.1, -0.05) is 6.07 Å². The first-order valence-electron chi connectivity index (χ1n) is 2.03. The minimum Gasteiger partial charge on any atom is -0.265 e. The van der Waals surface area contributed by atoms with Gasteiger partial charge in [0.15, 0.2) is 0 Å². The summed E-state index contributed by atoms with van der Waals surface area (Å²) >= 11 is 1.06. The SMILES string of the molecule is [O]=[V].c1ccncc1. The summed E-state index contributed by atoms with van der Waals surface area (Å²) in [4.78, 5) is 3.78. The molecule has 1 aromatic heterocycles. The van der Waals surface area contributed by atoms with Crippen molar-refractivity contribution in [2.45, 2.75) is 0 Å². The molecule has 2 nitrogen and oxygen atoms in total. The van der Waals surface area contributed by atoms with Gasteiger partial charge in [0.25, 0.3) is 0 Å². The molecule has 1 aromatic rings. The van der Waals surface area contributed by atoms with Crippen LogP contribution in [0, 0.1) is 0 Å². The Kier molecular flexibility index (Phi) is 6.15. The smallest absolute Gasteiger partial charge is 0.0267 e. The molecular weight excluding hydrogens is 141 g/mol. The summed E-state index contributed by atoms with van der Waals surface area (Å²) in [5.41, 5.74) is 0. The minimum atomic E-state index is 1.06. The molecule has 0 aliphatic rings. The molecule has 3 heteroatoms. The Balaban J connectivity index is 0.000000222. The largest absolute Gasteiger partial charge is 0.265 e. The van der Waals surface area contributed by atoms with Gasteiger partial charge in [-0.25, -0.2) is 0 Å². The third-order valence-electron chi connectivity index (χ3n) is 0.566. The van der Waals surface area contributed by atoms with Gasteiger partial charge in [0.1, 0.15) is 0 Å². The number of aromatic nitrogens is 1. The Hall–Kier alpha value is -0.466. The molecule has 1 rings (SSSR count). The second-order valence-corrected chi connectivity index (χ2v) is 1.02. The number of rotatable bonds is 0. The van der Waals surface area contributed by atoms with Crippen molar-refractivity contribution < 1.29 is 21.0 Å². The van der Waals surface area contributed by atoms with Crippen molar-refractivity contribution in [1.29, 1.82) is 0 Å². The third-order valence-corrected chi connectivity index (χ3v) is 0.566. The molecule has 0 unspecified atom stereocenters. The molecule has 0 saturated heterocycles. The van der Waals surface area contributed by atoms with Crippen molar-refractivity contribution in [3.63, 3.8) is 0 Å². The van der Waals surface area contributed by atoms with Gasteiger partial charge in [0.05, 0.1) is 0 Å². The van der Waals surface area contributed by atoms with E-state index in [0.717, 1.165) is 17.4 Å². The quantitative estimate of drug-likeness (QED) is 0.545. The normalized spacial score (nSPS) is 6.38. The van der Waals surface area contributed by atoms with Crippen molar-refractivity contribution in [3.05, 3.63) is 30.6 Å². The summed E-state index contributed by atoms with van der Waals surface area (Å²) in [5, 5.41) is 0. The predicted molar refractivity (Wildman–Crippen MR) is 24.9 cm³/mol. The van der Waals surface area contributed by atoms with Gasteiger partial charge < -0.3 is 0 Å². The van der Waals surface area contributed by atoms with E-state index in [1.54, 1.807) is 12.4 Å². The fourth-order valence-corrected chi connectivity index (χ4v) is 0.313. The van der Waals surface area contributed by atoms with Crippen LogP contribution in [0.4, 0.5) is 0 Å². The molecule has 8 heavy (non-hydrogen) atoms. The third kappa shape index (κ3) is 3.72. The number of hydrogen-bond acceptors (Lipinski definition) is 2. The van der Waals surface area contributed by atoms with E-state index in [2.05, 4.69) is 4.98 Å². The molecule has 0 fully saturated rings. The topological polar surface area (TPSA) is 30.0 Å². The standard InChI is InChI=1S/C5H5N.O.V/c1-2-4-6-5-3-1;;/h1-5H;;. The van der Waals surface area contributed by atoms with Crippen LogP contribution in [0.1, 0.15) is 0 Å². The summed E-state index contributed by atoms with van der Waals surface area (Å²) in [5.74, 6) is 0. The maximum absolute atomic E-state index is 8.19. The fourth-order valence-electron chi connectivity index (χ4n) is 0.313. The molecule has 0 spiro atoms. The van der Waals surface area contributed by atoms with Crippen molar-refractivity contribution in [3.8, 4) is 0 Å². The Bertz CT molecular complexity index is 95.3. The number of hydrogen-bond donors (Lipinski definition) is 0. The van der Waals surface area contributed by atoms with Gasteiger partial charge in [0.2, 0.25) is 0 Å². The zero-order chi connectivity index (χ0) is 6.24. The van der Waals surface area contributed by atoms with Crippen molar-refractivity contribution in [2.24, 2.45) is 0 Å². The average molecular weight is 146 g/mol. The second kappa shape index (κ2) is 6.53. The van der Waals surface area contributed by atoms with E-state index in [0.29, 0.717) is 0 Å².